The largest absolute Gasteiger partial charge is 0.467 e. The average Bonchev–Trinajstić information content (AvgIpc) is 3.25. The second-order valence-electron chi connectivity index (χ2n) is 16.8. The number of hydrogen-bond donors (Lipinski definition) is 3. The summed E-state index contributed by atoms with van der Waals surface area (Å²) in [6.07, 6.45) is 6.28. The third-order valence-corrected chi connectivity index (χ3v) is 13.9. The molecule has 0 saturated carbocycles. The van der Waals surface area contributed by atoms with Crippen LogP contribution < -0.4 is 20.9 Å². The van der Waals surface area contributed by atoms with Gasteiger partial charge in [-0.1, -0.05) is 47.5 Å². The molecular weight excluding hydrogens is 936 g/mol. The number of benzene rings is 4. The number of ether oxygens (including phenoxy) is 2. The van der Waals surface area contributed by atoms with Crippen LogP contribution in [0.2, 0.25) is 10.0 Å². The molecule has 4 heterocycles. The number of nitrogens with one attached hydrogen (secondary N) is 1. The maximum Gasteiger partial charge on any atom is 0.258 e. The maximum atomic E-state index is 13.5. The number of hydrogen-bond acceptors (Lipinski definition) is 14. The first kappa shape index (κ1) is 48.6. The van der Waals surface area contributed by atoms with E-state index in [1.54, 1.807) is 105 Å². The van der Waals surface area contributed by atoms with Gasteiger partial charge in [0.15, 0.2) is 11.6 Å². The smallest absolute Gasteiger partial charge is 0.258 e. The Bertz CT molecular complexity index is 3240. The van der Waals surface area contributed by atoms with Crippen molar-refractivity contribution in [2.75, 3.05) is 44.3 Å². The average molecular weight is 986 g/mol. The predicted octanol–water partition coefficient (Wildman–Crippen LogP) is 9.22. The van der Waals surface area contributed by atoms with Gasteiger partial charge in [-0.3, -0.25) is 9.59 Å². The summed E-state index contributed by atoms with van der Waals surface area (Å²) >= 11 is 13.3. The van der Waals surface area contributed by atoms with Gasteiger partial charge in [-0.15, -0.1) is 0 Å². The summed E-state index contributed by atoms with van der Waals surface area (Å²) in [5, 5.41) is 0.903. The second kappa shape index (κ2) is 18.7. The molecule has 8 rings (SSSR count). The summed E-state index contributed by atoms with van der Waals surface area (Å²) in [7, 11) is -1.92. The molecule has 2 aliphatic heterocycles. The first-order valence-corrected chi connectivity index (χ1v) is 25.8. The van der Waals surface area contributed by atoms with Gasteiger partial charge in [0.25, 0.3) is 23.6 Å². The molecule has 0 saturated heterocycles. The molecule has 1 unspecified atom stereocenters. The van der Waals surface area contributed by atoms with Gasteiger partial charge in [0.05, 0.1) is 49.2 Å². The van der Waals surface area contributed by atoms with E-state index in [0.717, 1.165) is 22.3 Å². The molecule has 5 N–H and O–H groups in total. The molecule has 2 aliphatic rings. The van der Waals surface area contributed by atoms with E-state index < -0.39 is 31.7 Å². The minimum Gasteiger partial charge on any atom is -0.467 e. The summed E-state index contributed by atoms with van der Waals surface area (Å²) in [5.74, 6) is 0.0335. The van der Waals surface area contributed by atoms with Gasteiger partial charge in [0, 0.05) is 94.0 Å². The van der Waals surface area contributed by atoms with Crippen molar-refractivity contribution in [1.29, 1.82) is 4.78 Å². The van der Waals surface area contributed by atoms with Crippen LogP contribution in [-0.2, 0) is 32.5 Å². The lowest BCUT2D eigenvalue weighted by atomic mass is 9.98. The van der Waals surface area contributed by atoms with Gasteiger partial charge in [0.2, 0.25) is 0 Å². The van der Waals surface area contributed by atoms with Crippen LogP contribution in [0.25, 0.3) is 22.5 Å². The molecule has 20 heteroatoms. The monoisotopic (exact) mass is 984 g/mol. The first-order valence-electron chi connectivity index (χ1n) is 20.8. The van der Waals surface area contributed by atoms with Gasteiger partial charge in [0.1, 0.15) is 12.2 Å². The van der Waals surface area contributed by atoms with Crippen molar-refractivity contribution >= 4 is 71.8 Å². The van der Waals surface area contributed by atoms with Crippen molar-refractivity contribution in [1.82, 2.24) is 29.7 Å². The van der Waals surface area contributed by atoms with E-state index in [1.165, 1.54) is 12.5 Å². The van der Waals surface area contributed by atoms with Gasteiger partial charge >= 0.3 is 0 Å². The Kier molecular flexibility index (Phi) is 13.6. The number of aromatic nitrogens is 4. The molecule has 0 aliphatic carbocycles. The number of halogens is 2. The Hall–Kier alpha value is -6.34. The van der Waals surface area contributed by atoms with Crippen LogP contribution in [0.1, 0.15) is 80.2 Å². The summed E-state index contributed by atoms with van der Waals surface area (Å²) in [6.45, 7) is 7.84. The fourth-order valence-corrected chi connectivity index (χ4v) is 9.64. The maximum absolute atomic E-state index is 13.5. The Morgan fingerprint density at radius 1 is 0.687 bits per heavy atom. The number of fused-ring (bicyclic) bond motifs is 10. The van der Waals surface area contributed by atoms with Crippen molar-refractivity contribution in [3.05, 3.63) is 128 Å². The van der Waals surface area contributed by atoms with Crippen LogP contribution in [0.15, 0.2) is 82.3 Å². The minimum atomic E-state index is -2.97. The fourth-order valence-electron chi connectivity index (χ4n) is 7.71. The zero-order valence-electron chi connectivity index (χ0n) is 38.3. The number of carbonyl (C=O) groups excluding carboxylic acids is 2. The van der Waals surface area contributed by atoms with Crippen LogP contribution in [-0.4, -0.2) is 82.8 Å². The molecule has 3 atom stereocenters. The highest BCUT2D eigenvalue weighted by atomic mass is 35.5. The molecule has 16 nitrogen and oxygen atoms in total. The normalized spacial score (nSPS) is 16.8. The lowest BCUT2D eigenvalue weighted by Gasteiger charge is -2.25. The lowest BCUT2D eigenvalue weighted by Crippen LogP contribution is -2.28. The molecule has 2 aromatic heterocycles. The topological polar surface area (TPSA) is 233 Å². The molecule has 0 radical (unpaired) electrons. The summed E-state index contributed by atoms with van der Waals surface area (Å²) in [4.78, 5) is 48.2. The van der Waals surface area contributed by atoms with Crippen molar-refractivity contribution in [2.45, 2.75) is 57.9 Å². The molecule has 0 fully saturated rings. The molecule has 6 aromatic rings. The number of carbonyl (C=O) groups is 2. The van der Waals surface area contributed by atoms with Crippen LogP contribution in [0.3, 0.4) is 0 Å². The predicted molar refractivity (Wildman–Crippen MR) is 263 cm³/mol. The van der Waals surface area contributed by atoms with Crippen LogP contribution in [0, 0.1) is 18.6 Å². The van der Waals surface area contributed by atoms with Gasteiger partial charge in [-0.25, -0.2) is 33.1 Å². The Morgan fingerprint density at radius 3 is 1.55 bits per heavy atom. The van der Waals surface area contributed by atoms with E-state index in [0.29, 0.717) is 71.9 Å². The number of rotatable bonds is 2. The number of aryl methyl sites for hydroxylation is 2. The van der Waals surface area contributed by atoms with E-state index >= 15 is 0 Å². The molecular formula is C47H50Cl2N10O6S2. The number of nitrogens with zero attached hydrogens (tertiary/aromatic N) is 7. The SMILES string of the molecule is Cc1ccc2c(c1Cl)[C@@H](C)Oc1nc(cnc1N)-c1cc(N=S(C)(C)=O)ccc1CN(C)C2=O.Cc1ccc2c(c1Cl)[C@@H](C)Oc1nc(cnc1N)-c1cc(S(C)(=N)=O)ccc1CN(C)C2=O. The quantitative estimate of drug-likeness (QED) is 0.147. The summed E-state index contributed by atoms with van der Waals surface area (Å²) in [5.41, 5.74) is 20.1. The van der Waals surface area contributed by atoms with E-state index in [4.69, 9.17) is 48.9 Å². The van der Waals surface area contributed by atoms with E-state index in [1.807, 2.05) is 26.0 Å². The number of nitrogen functional groups attached to an aromatic ring is 2. The molecule has 0 spiro atoms. The third-order valence-electron chi connectivity index (χ3n) is 11.1. The zero-order chi connectivity index (χ0) is 48.9. The van der Waals surface area contributed by atoms with Crippen molar-refractivity contribution in [3.63, 3.8) is 0 Å². The van der Waals surface area contributed by atoms with Crippen LogP contribution in [0.5, 0.6) is 11.8 Å². The van der Waals surface area contributed by atoms with Gasteiger partial charge in [-0.05, 0) is 86.3 Å². The zero-order valence-corrected chi connectivity index (χ0v) is 41.4. The van der Waals surface area contributed by atoms with E-state index in [2.05, 4.69) is 24.3 Å². The minimum absolute atomic E-state index is 0.0916. The first-order chi connectivity index (χ1) is 31.4. The van der Waals surface area contributed by atoms with Gasteiger partial charge < -0.3 is 30.7 Å². The Labute approximate surface area is 400 Å². The molecule has 350 valence electrons. The Balaban J connectivity index is 0.000000199. The number of anilines is 2. The third kappa shape index (κ3) is 10.3. The molecule has 4 aromatic carbocycles. The highest BCUT2D eigenvalue weighted by molar-refractivity contribution is 7.92. The molecule has 4 bridgehead atoms. The fraction of sp³-hybridized carbons (Fsp3) is 0.277. The van der Waals surface area contributed by atoms with Crippen LogP contribution >= 0.6 is 23.2 Å². The number of amides is 2. The van der Waals surface area contributed by atoms with Gasteiger partial charge in [-0.2, -0.15) is 4.36 Å². The summed E-state index contributed by atoms with van der Waals surface area (Å²) < 4.78 is 49.1. The van der Waals surface area contributed by atoms with Crippen molar-refractivity contribution in [3.8, 4) is 34.3 Å². The van der Waals surface area contributed by atoms with E-state index in [-0.39, 0.29) is 41.8 Å². The Morgan fingerprint density at radius 2 is 1.12 bits per heavy atom. The standard InChI is InChI=1S/C24H26ClN5O3S.C23H24ClN5O3S/c1-13-6-9-17-20(21(13)25)14(2)33-23-22(26)27-11-19(28-23)18-10-16(29-34(4,5)32)8-7-15(18)12-30(3)24(17)31;1-12-5-8-16-19(20(12)24)13(2)32-22-21(25)27-10-18(28-22)17-9-15(33(4,26)31)7-6-14(17)11-29(3)23(16)30/h6-11,14H,12H2,1-5H3,(H2,26,27);5-10,13,26H,11H2,1-4H3,(H2,25,27)/t14-;13-,33?/m11/s1. The second-order valence-corrected chi connectivity index (χ2v) is 22.3. The lowest BCUT2D eigenvalue weighted by molar-refractivity contribution is 0.0773. The molecule has 67 heavy (non-hydrogen) atoms. The highest BCUT2D eigenvalue weighted by Crippen LogP contribution is 2.39. The summed E-state index contributed by atoms with van der Waals surface area (Å²) in [6, 6.07) is 17.6. The highest BCUT2D eigenvalue weighted by Gasteiger charge is 2.29. The number of nitrogens with two attached hydrogens (primary N) is 2. The molecule has 2 amide bonds. The van der Waals surface area contributed by atoms with Crippen molar-refractivity contribution < 1.29 is 27.5 Å². The van der Waals surface area contributed by atoms with E-state index in [9.17, 15) is 18.0 Å². The van der Waals surface area contributed by atoms with Crippen molar-refractivity contribution in [2.24, 2.45) is 4.36 Å². The van der Waals surface area contributed by atoms with Crippen LogP contribution in [0.4, 0.5) is 17.3 Å².